The van der Waals surface area contributed by atoms with Crippen molar-refractivity contribution in [2.75, 3.05) is 0 Å². The van der Waals surface area contributed by atoms with E-state index in [0.717, 1.165) is 0 Å². The summed E-state index contributed by atoms with van der Waals surface area (Å²) in [6.45, 7) is 7.67. The maximum atomic E-state index is 12.0. The summed E-state index contributed by atoms with van der Waals surface area (Å²) in [5, 5.41) is 8.87. The monoisotopic (exact) mass is 258 g/mol. The van der Waals surface area contributed by atoms with Crippen molar-refractivity contribution in [1.82, 2.24) is 0 Å². The summed E-state index contributed by atoms with van der Waals surface area (Å²) in [7, 11) is -1.01. The second kappa shape index (κ2) is 5.49. The first kappa shape index (κ1) is 14.0. The molecule has 1 aromatic heterocycles. The smallest absolute Gasteiger partial charge is 0.371 e. The number of aryl methyl sites for hydroxylation is 1. The van der Waals surface area contributed by atoms with Crippen LogP contribution in [0.25, 0.3) is 0 Å². The molecule has 0 amide bonds. The van der Waals surface area contributed by atoms with Crippen LogP contribution in [0.3, 0.4) is 0 Å². The van der Waals surface area contributed by atoms with Crippen molar-refractivity contribution in [3.8, 4) is 0 Å². The van der Waals surface area contributed by atoms with Crippen LogP contribution in [0.5, 0.6) is 0 Å². The predicted molar refractivity (Wildman–Crippen MR) is 66.6 cm³/mol. The van der Waals surface area contributed by atoms with E-state index in [4.69, 9.17) is 9.52 Å². The topological polar surface area (TPSA) is 67.5 Å². The third-order valence-electron chi connectivity index (χ3n) is 2.88. The highest BCUT2D eigenvalue weighted by Gasteiger charge is 2.19. The quantitative estimate of drug-likeness (QED) is 0.881. The molecule has 96 valence electrons. The highest BCUT2D eigenvalue weighted by atomic mass is 32.2. The Morgan fingerprint density at radius 2 is 2.06 bits per heavy atom. The highest BCUT2D eigenvalue weighted by Crippen LogP contribution is 2.19. The Kier molecular flexibility index (Phi) is 4.51. The van der Waals surface area contributed by atoms with E-state index in [-0.39, 0.29) is 11.0 Å². The number of hydrogen-bond donors (Lipinski definition) is 1. The average molecular weight is 258 g/mol. The number of hydrogen-bond acceptors (Lipinski definition) is 3. The van der Waals surface area contributed by atoms with Crippen molar-refractivity contribution in [3.05, 3.63) is 23.2 Å². The summed E-state index contributed by atoms with van der Waals surface area (Å²) in [4.78, 5) is 10.7. The van der Waals surface area contributed by atoms with Gasteiger partial charge in [-0.1, -0.05) is 20.8 Å². The minimum atomic E-state index is -1.10. The summed E-state index contributed by atoms with van der Waals surface area (Å²) in [6.07, 6.45) is 0. The zero-order chi connectivity index (χ0) is 13.2. The van der Waals surface area contributed by atoms with Gasteiger partial charge in [0.2, 0.25) is 5.76 Å². The van der Waals surface area contributed by atoms with Gasteiger partial charge in [0.1, 0.15) is 5.76 Å². The molecule has 1 heterocycles. The van der Waals surface area contributed by atoms with Crippen LogP contribution in [-0.2, 0) is 16.6 Å². The lowest BCUT2D eigenvalue weighted by atomic mass is 10.2. The van der Waals surface area contributed by atoms with Crippen molar-refractivity contribution < 1.29 is 18.5 Å². The number of carboxylic acids is 1. The Bertz CT molecular complexity index is 434. The van der Waals surface area contributed by atoms with Crippen molar-refractivity contribution >= 4 is 16.8 Å². The van der Waals surface area contributed by atoms with Crippen LogP contribution in [0, 0.1) is 12.8 Å². The van der Waals surface area contributed by atoms with Crippen LogP contribution in [0.1, 0.15) is 42.6 Å². The Morgan fingerprint density at radius 3 is 2.47 bits per heavy atom. The zero-order valence-electron chi connectivity index (χ0n) is 10.5. The first-order valence-corrected chi connectivity index (χ1v) is 6.91. The number of furan rings is 1. The standard InChI is InChI=1S/C12H18O4S/c1-7(2)9(4)17(15)6-10-5-11(12(13)14)16-8(10)3/h5,7,9H,6H2,1-4H3,(H,13,14). The van der Waals surface area contributed by atoms with Gasteiger partial charge in [0.15, 0.2) is 0 Å². The van der Waals surface area contributed by atoms with E-state index in [1.807, 2.05) is 20.8 Å². The molecule has 0 spiro atoms. The van der Waals surface area contributed by atoms with Crippen molar-refractivity contribution in [1.29, 1.82) is 0 Å². The van der Waals surface area contributed by atoms with Gasteiger partial charge < -0.3 is 9.52 Å². The van der Waals surface area contributed by atoms with Gasteiger partial charge in [-0.25, -0.2) is 4.79 Å². The van der Waals surface area contributed by atoms with Gasteiger partial charge in [-0.3, -0.25) is 4.21 Å². The van der Waals surface area contributed by atoms with E-state index in [1.54, 1.807) is 6.92 Å². The number of rotatable bonds is 5. The largest absolute Gasteiger partial charge is 0.475 e. The molecule has 2 atom stereocenters. The fourth-order valence-electron chi connectivity index (χ4n) is 1.36. The molecule has 4 nitrogen and oxygen atoms in total. The molecule has 0 aliphatic carbocycles. The van der Waals surface area contributed by atoms with Crippen LogP contribution in [0.4, 0.5) is 0 Å². The van der Waals surface area contributed by atoms with Gasteiger partial charge in [0.25, 0.3) is 0 Å². The third-order valence-corrected chi connectivity index (χ3v) is 4.85. The van der Waals surface area contributed by atoms with Gasteiger partial charge in [-0.05, 0) is 18.9 Å². The van der Waals surface area contributed by atoms with Crippen LogP contribution >= 0.6 is 0 Å². The maximum absolute atomic E-state index is 12.0. The van der Waals surface area contributed by atoms with E-state index in [0.29, 0.717) is 23.0 Å². The van der Waals surface area contributed by atoms with Gasteiger partial charge in [0.05, 0.1) is 5.75 Å². The first-order valence-electron chi connectivity index (χ1n) is 5.52. The first-order chi connectivity index (χ1) is 7.82. The molecule has 0 bridgehead atoms. The van der Waals surface area contributed by atoms with E-state index in [1.165, 1.54) is 6.07 Å². The average Bonchev–Trinajstić information content (AvgIpc) is 2.59. The highest BCUT2D eigenvalue weighted by molar-refractivity contribution is 7.84. The fraction of sp³-hybridized carbons (Fsp3) is 0.583. The lowest BCUT2D eigenvalue weighted by Crippen LogP contribution is -2.19. The molecule has 0 fully saturated rings. The molecule has 2 unspecified atom stereocenters. The molecule has 5 heteroatoms. The fourth-order valence-corrected chi connectivity index (χ4v) is 2.82. The minimum Gasteiger partial charge on any atom is -0.475 e. The SMILES string of the molecule is Cc1oc(C(=O)O)cc1CS(=O)C(C)C(C)C. The lowest BCUT2D eigenvalue weighted by Gasteiger charge is -2.14. The molecule has 1 N–H and O–H groups in total. The molecule has 0 saturated carbocycles. The van der Waals surface area contributed by atoms with Crippen molar-refractivity contribution in [2.24, 2.45) is 5.92 Å². The van der Waals surface area contributed by atoms with E-state index in [2.05, 4.69) is 0 Å². The van der Waals surface area contributed by atoms with Crippen LogP contribution < -0.4 is 0 Å². The Balaban J connectivity index is 2.82. The molecular formula is C12H18O4S. The molecule has 0 radical (unpaired) electrons. The lowest BCUT2D eigenvalue weighted by molar-refractivity contribution is 0.0661. The van der Waals surface area contributed by atoms with Gasteiger partial charge in [-0.2, -0.15) is 0 Å². The van der Waals surface area contributed by atoms with Gasteiger partial charge in [-0.15, -0.1) is 0 Å². The second-order valence-electron chi connectivity index (χ2n) is 4.47. The van der Waals surface area contributed by atoms with E-state index in [9.17, 15) is 9.00 Å². The summed E-state index contributed by atoms with van der Waals surface area (Å²) < 4.78 is 17.1. The minimum absolute atomic E-state index is 0.0811. The summed E-state index contributed by atoms with van der Waals surface area (Å²) in [5.41, 5.74) is 0.716. The Hall–Kier alpha value is -1.10. The summed E-state index contributed by atoms with van der Waals surface area (Å²) in [5.74, 6) is 0.0320. The predicted octanol–water partition coefficient (Wildman–Crippen LogP) is 2.58. The molecule has 1 aromatic rings. The molecule has 0 aliphatic rings. The molecule has 0 saturated heterocycles. The number of aromatic carboxylic acids is 1. The number of carbonyl (C=O) groups is 1. The zero-order valence-corrected chi connectivity index (χ0v) is 11.3. The molecule has 1 rings (SSSR count). The van der Waals surface area contributed by atoms with Crippen LogP contribution in [0.2, 0.25) is 0 Å². The van der Waals surface area contributed by atoms with Crippen molar-refractivity contribution in [3.63, 3.8) is 0 Å². The Labute approximate surface area is 103 Å². The van der Waals surface area contributed by atoms with Gasteiger partial charge in [0, 0.05) is 21.6 Å². The second-order valence-corrected chi connectivity index (χ2v) is 6.27. The third kappa shape index (κ3) is 3.43. The molecular weight excluding hydrogens is 240 g/mol. The molecule has 17 heavy (non-hydrogen) atoms. The van der Waals surface area contributed by atoms with Crippen LogP contribution in [0.15, 0.2) is 10.5 Å². The molecule has 0 aromatic carbocycles. The van der Waals surface area contributed by atoms with E-state index >= 15 is 0 Å². The van der Waals surface area contributed by atoms with Gasteiger partial charge >= 0.3 is 5.97 Å². The van der Waals surface area contributed by atoms with E-state index < -0.39 is 16.8 Å². The summed E-state index contributed by atoms with van der Waals surface area (Å²) >= 11 is 0. The van der Waals surface area contributed by atoms with Crippen LogP contribution in [-0.4, -0.2) is 20.5 Å². The number of carboxylic acid groups (broad SMARTS) is 1. The summed E-state index contributed by atoms with van der Waals surface area (Å²) in [6, 6.07) is 1.46. The Morgan fingerprint density at radius 1 is 1.47 bits per heavy atom. The molecule has 0 aliphatic heterocycles. The van der Waals surface area contributed by atoms with Crippen molar-refractivity contribution in [2.45, 2.75) is 38.7 Å². The normalized spacial score (nSPS) is 14.9. The maximum Gasteiger partial charge on any atom is 0.371 e.